The largest absolute Gasteiger partial charge is 1.00 e. The molecule has 0 aliphatic heterocycles. The molecule has 3 rings (SSSR count). The van der Waals surface area contributed by atoms with E-state index in [4.69, 9.17) is 32.9 Å². The molecular weight excluding hydrogens is 472 g/mol. The molecule has 1 aromatic carbocycles. The van der Waals surface area contributed by atoms with E-state index in [1.807, 2.05) is 24.4 Å². The van der Waals surface area contributed by atoms with Crippen molar-refractivity contribution in [1.29, 1.82) is 0 Å². The van der Waals surface area contributed by atoms with Crippen LogP contribution in [0, 0.1) is 0 Å². The number of thioether (sulfide) groups is 1. The van der Waals surface area contributed by atoms with Gasteiger partial charge >= 0.3 is 29.6 Å². The molecule has 0 amide bonds. The number of hydrogen-bond acceptors (Lipinski definition) is 7. The van der Waals surface area contributed by atoms with E-state index in [1.165, 1.54) is 11.8 Å². The summed E-state index contributed by atoms with van der Waals surface area (Å²) in [5.41, 5.74) is 0.746. The standard InChI is InChI=1S/C20H20Cl2N3O3S.Na.H2O/c1-4-24(8-10-28-2)20-15(22)11-13-17(27)12-5-6-14(21)18(29-3)16(12)25(7-9-26)19(13)23-20;;/h5-6,11H,4,7-8,10H2,1-3H3;;1H2/q-1;+1;/p-1. The van der Waals surface area contributed by atoms with Gasteiger partial charge < -0.3 is 24.5 Å². The number of ether oxygens (including phenoxy) is 1. The Labute approximate surface area is 216 Å². The number of nitrogens with zero attached hydrogens (tertiary/aromatic N) is 3. The molecule has 7 nitrogen and oxygen atoms in total. The van der Waals surface area contributed by atoms with Crippen molar-refractivity contribution in [2.45, 2.75) is 18.4 Å². The van der Waals surface area contributed by atoms with E-state index in [0.717, 1.165) is 0 Å². The molecule has 0 aliphatic rings. The molecule has 162 valence electrons. The second-order valence-corrected chi connectivity index (χ2v) is 7.90. The van der Waals surface area contributed by atoms with Crippen molar-refractivity contribution in [1.82, 2.24) is 9.55 Å². The van der Waals surface area contributed by atoms with Crippen LogP contribution in [0.25, 0.3) is 21.9 Å². The van der Waals surface area contributed by atoms with Crippen LogP contribution in [0.3, 0.4) is 0 Å². The van der Waals surface area contributed by atoms with Crippen molar-refractivity contribution in [3.63, 3.8) is 0 Å². The first-order valence-corrected chi connectivity index (χ1v) is 10.9. The molecule has 0 spiro atoms. The fourth-order valence-corrected chi connectivity index (χ4v) is 4.67. The van der Waals surface area contributed by atoms with E-state index in [-0.39, 0.29) is 47.0 Å². The van der Waals surface area contributed by atoms with Gasteiger partial charge in [0, 0.05) is 25.6 Å². The first-order valence-electron chi connectivity index (χ1n) is 8.96. The average molecular weight is 493 g/mol. The van der Waals surface area contributed by atoms with Crippen LogP contribution in [0.4, 0.5) is 5.82 Å². The van der Waals surface area contributed by atoms with Crippen LogP contribution in [-0.4, -0.2) is 54.4 Å². The van der Waals surface area contributed by atoms with Gasteiger partial charge in [0.15, 0.2) is 5.43 Å². The molecule has 0 unspecified atom stereocenters. The maximum Gasteiger partial charge on any atom is 1.00 e. The van der Waals surface area contributed by atoms with Gasteiger partial charge in [-0.25, -0.2) is 11.3 Å². The second-order valence-electron chi connectivity index (χ2n) is 6.27. The molecule has 31 heavy (non-hydrogen) atoms. The molecule has 3 aromatic rings. The molecular formula is C20H21Cl2N3NaO4S-. The fourth-order valence-electron chi connectivity index (χ4n) is 3.34. The van der Waals surface area contributed by atoms with Gasteiger partial charge in [-0.2, -0.15) is 0 Å². The number of anilines is 1. The minimum absolute atomic E-state index is 0. The summed E-state index contributed by atoms with van der Waals surface area (Å²) in [5.74, 6) is 0.532. The minimum atomic E-state index is -0.204. The first-order chi connectivity index (χ1) is 14.0. The van der Waals surface area contributed by atoms with Crippen molar-refractivity contribution in [3.8, 4) is 0 Å². The maximum atomic E-state index is 13.2. The molecule has 0 aliphatic carbocycles. The molecule has 0 atom stereocenters. The van der Waals surface area contributed by atoms with Gasteiger partial charge in [-0.15, -0.1) is 11.8 Å². The zero-order chi connectivity index (χ0) is 21.1. The molecule has 0 fully saturated rings. The van der Waals surface area contributed by atoms with Crippen molar-refractivity contribution in [3.05, 3.63) is 38.5 Å². The van der Waals surface area contributed by atoms with Gasteiger partial charge in [0.25, 0.3) is 0 Å². The summed E-state index contributed by atoms with van der Waals surface area (Å²) in [5, 5.41) is 1.68. The number of rotatable bonds is 8. The Morgan fingerprint density at radius 3 is 2.55 bits per heavy atom. The summed E-state index contributed by atoms with van der Waals surface area (Å²) < 4.78 is 6.85. The number of benzene rings is 1. The number of carbonyl (C=O) groups excluding carboxylic acids is 1. The predicted octanol–water partition coefficient (Wildman–Crippen LogP) is 0.988. The van der Waals surface area contributed by atoms with Crippen LogP contribution < -0.4 is 39.9 Å². The normalized spacial score (nSPS) is 10.6. The van der Waals surface area contributed by atoms with Gasteiger partial charge in [0.1, 0.15) is 11.5 Å². The number of likely N-dealkylation sites (N-methyl/N-ethyl adjacent to an activating group) is 1. The van der Waals surface area contributed by atoms with E-state index >= 15 is 0 Å². The Hall–Kier alpha value is -0.840. The summed E-state index contributed by atoms with van der Waals surface area (Å²) in [4.78, 5) is 31.9. The Balaban J connectivity index is 0.00000240. The summed E-state index contributed by atoms with van der Waals surface area (Å²) >= 11 is 14.3. The summed E-state index contributed by atoms with van der Waals surface area (Å²) in [6, 6.07) is 4.97. The third kappa shape index (κ3) is 5.39. The van der Waals surface area contributed by atoms with Gasteiger partial charge in [0.2, 0.25) is 0 Å². The van der Waals surface area contributed by atoms with Crippen LogP contribution >= 0.6 is 35.0 Å². The molecule has 2 aromatic heterocycles. The number of fused-ring (bicyclic) bond motifs is 2. The monoisotopic (exact) mass is 492 g/mol. The third-order valence-corrected chi connectivity index (χ3v) is 6.24. The first kappa shape index (κ1) is 28.2. The SMILES string of the molecule is CCN(CCOC)c1nc2c(cc1Cl)c(=O)c1ccc(Cl)c(SC)c1n2C[C-]=O.[Na+].[OH-]. The van der Waals surface area contributed by atoms with E-state index in [1.54, 1.807) is 29.9 Å². The summed E-state index contributed by atoms with van der Waals surface area (Å²) in [7, 11) is 1.63. The maximum absolute atomic E-state index is 13.2. The zero-order valence-electron chi connectivity index (χ0n) is 17.7. The van der Waals surface area contributed by atoms with Crippen LogP contribution in [0.15, 0.2) is 27.9 Å². The second kappa shape index (κ2) is 12.4. The molecule has 0 bridgehead atoms. The van der Waals surface area contributed by atoms with Crippen molar-refractivity contribution in [2.24, 2.45) is 0 Å². The molecule has 11 heteroatoms. The van der Waals surface area contributed by atoms with Crippen LogP contribution in [-0.2, 0) is 16.1 Å². The minimum Gasteiger partial charge on any atom is -0.870 e. The predicted molar refractivity (Wildman–Crippen MR) is 123 cm³/mol. The quantitative estimate of drug-likeness (QED) is 0.200. The Bertz CT molecular complexity index is 1140. The van der Waals surface area contributed by atoms with Crippen LogP contribution in [0.1, 0.15) is 6.92 Å². The number of halogens is 2. The van der Waals surface area contributed by atoms with E-state index in [0.29, 0.717) is 62.4 Å². The third-order valence-electron chi connectivity index (χ3n) is 4.71. The number of hydrogen-bond donors (Lipinski definition) is 0. The fraction of sp³-hybridized carbons (Fsp3) is 0.350. The Morgan fingerprint density at radius 2 is 1.97 bits per heavy atom. The molecule has 1 N–H and O–H groups in total. The molecule has 0 saturated carbocycles. The van der Waals surface area contributed by atoms with Crippen molar-refractivity contribution >= 4 is 69.0 Å². The van der Waals surface area contributed by atoms with Gasteiger partial charge in [0.05, 0.1) is 32.5 Å². The topological polar surface area (TPSA) is 94.4 Å². The van der Waals surface area contributed by atoms with E-state index in [9.17, 15) is 9.59 Å². The summed E-state index contributed by atoms with van der Waals surface area (Å²) in [6.45, 7) is 3.64. The van der Waals surface area contributed by atoms with Crippen LogP contribution in [0.5, 0.6) is 0 Å². The molecule has 0 radical (unpaired) electrons. The summed E-state index contributed by atoms with van der Waals surface area (Å²) in [6.07, 6.45) is 3.79. The smallest absolute Gasteiger partial charge is 0.870 e. The van der Waals surface area contributed by atoms with E-state index in [2.05, 4.69) is 0 Å². The van der Waals surface area contributed by atoms with Crippen molar-refractivity contribution in [2.75, 3.05) is 38.0 Å². The van der Waals surface area contributed by atoms with Gasteiger partial charge in [-0.1, -0.05) is 29.7 Å². The molecule has 0 saturated heterocycles. The zero-order valence-corrected chi connectivity index (χ0v) is 22.1. The molecule has 2 heterocycles. The average Bonchev–Trinajstić information content (AvgIpc) is 2.72. The van der Waals surface area contributed by atoms with E-state index < -0.39 is 0 Å². The number of pyridine rings is 2. The Kier molecular flexibility index (Phi) is 11.3. The Morgan fingerprint density at radius 1 is 1.26 bits per heavy atom. The van der Waals surface area contributed by atoms with Crippen LogP contribution in [0.2, 0.25) is 10.0 Å². The number of aromatic nitrogens is 2. The van der Waals surface area contributed by atoms with Crippen molar-refractivity contribution < 1.29 is 44.6 Å². The number of methoxy groups -OCH3 is 1. The van der Waals surface area contributed by atoms with Gasteiger partial charge in [-0.05, 0) is 31.4 Å². The van der Waals surface area contributed by atoms with Gasteiger partial charge in [-0.3, -0.25) is 4.79 Å².